The molecule has 3 heteroatoms. The Morgan fingerprint density at radius 3 is 1.92 bits per heavy atom. The Morgan fingerprint density at radius 2 is 1.24 bits per heavy atom. The Bertz CT molecular complexity index is 956. The lowest BCUT2D eigenvalue weighted by Gasteiger charge is -2.03. The lowest BCUT2D eigenvalue weighted by Crippen LogP contribution is -2.05. The van der Waals surface area contributed by atoms with Crippen molar-refractivity contribution < 1.29 is 9.53 Å². The van der Waals surface area contributed by atoms with Gasteiger partial charge in [-0.3, -0.25) is 0 Å². The van der Waals surface area contributed by atoms with E-state index in [1.807, 2.05) is 72.8 Å². The monoisotopic (exact) mass is 325 g/mol. The molecule has 0 unspecified atom stereocenters. The number of hydrogen-bond acceptors (Lipinski definition) is 3. The summed E-state index contributed by atoms with van der Waals surface area (Å²) in [7, 11) is 0. The first-order chi connectivity index (χ1) is 12.3. The van der Waals surface area contributed by atoms with Crippen LogP contribution < -0.4 is 0 Å². The molecule has 0 aromatic heterocycles. The van der Waals surface area contributed by atoms with Crippen LogP contribution in [-0.4, -0.2) is 11.9 Å². The number of benzene rings is 3. The molecule has 120 valence electrons. The second-order valence-electron chi connectivity index (χ2n) is 5.69. The number of esters is 1. The average Bonchev–Trinajstić information content (AvgIpc) is 3.04. The SMILES string of the molecule is O=C1OC(c2ccc(-c3ccccc3)cc2)=N/C1=C/c1ccccc1. The second-order valence-corrected chi connectivity index (χ2v) is 5.69. The summed E-state index contributed by atoms with van der Waals surface area (Å²) in [6.45, 7) is 0. The summed E-state index contributed by atoms with van der Waals surface area (Å²) < 4.78 is 5.32. The molecule has 0 fully saturated rings. The lowest BCUT2D eigenvalue weighted by molar-refractivity contribution is -0.129. The summed E-state index contributed by atoms with van der Waals surface area (Å²) in [5.74, 6) is -0.0854. The Labute approximate surface area is 145 Å². The maximum absolute atomic E-state index is 12.0. The van der Waals surface area contributed by atoms with Crippen LogP contribution in [0.3, 0.4) is 0 Å². The highest BCUT2D eigenvalue weighted by Gasteiger charge is 2.24. The zero-order chi connectivity index (χ0) is 17.1. The van der Waals surface area contributed by atoms with Gasteiger partial charge in [0.25, 0.3) is 0 Å². The molecule has 3 aromatic carbocycles. The van der Waals surface area contributed by atoms with E-state index in [9.17, 15) is 4.79 Å². The van der Waals surface area contributed by atoms with E-state index in [-0.39, 0.29) is 0 Å². The highest BCUT2D eigenvalue weighted by Crippen LogP contribution is 2.22. The van der Waals surface area contributed by atoms with Gasteiger partial charge in [0.2, 0.25) is 5.90 Å². The van der Waals surface area contributed by atoms with E-state index in [1.165, 1.54) is 0 Å². The Balaban J connectivity index is 1.61. The topological polar surface area (TPSA) is 38.7 Å². The summed E-state index contributed by atoms with van der Waals surface area (Å²) in [4.78, 5) is 16.4. The van der Waals surface area contributed by atoms with Crippen molar-refractivity contribution in [3.63, 3.8) is 0 Å². The van der Waals surface area contributed by atoms with E-state index < -0.39 is 5.97 Å². The average molecular weight is 325 g/mol. The summed E-state index contributed by atoms with van der Waals surface area (Å²) in [5, 5.41) is 0. The number of carbonyl (C=O) groups is 1. The largest absolute Gasteiger partial charge is 0.402 e. The predicted molar refractivity (Wildman–Crippen MR) is 98.9 cm³/mol. The molecule has 0 aliphatic carbocycles. The molecule has 0 spiro atoms. The highest BCUT2D eigenvalue weighted by atomic mass is 16.6. The molecule has 3 aromatic rings. The zero-order valence-electron chi connectivity index (χ0n) is 13.4. The standard InChI is InChI=1S/C22H15NO2/c24-22-20(15-16-7-3-1-4-8-16)23-21(25-22)19-13-11-18(12-14-19)17-9-5-2-6-10-17/h1-15H/b20-15+. The molecule has 0 saturated heterocycles. The number of ether oxygens (including phenoxy) is 1. The van der Waals surface area contributed by atoms with Gasteiger partial charge in [0.1, 0.15) is 0 Å². The Kier molecular flexibility index (Phi) is 3.97. The van der Waals surface area contributed by atoms with E-state index >= 15 is 0 Å². The Hall–Kier alpha value is -3.46. The molecule has 0 amide bonds. The van der Waals surface area contributed by atoms with Gasteiger partial charge in [-0.2, -0.15) is 0 Å². The normalized spacial score (nSPS) is 15.1. The summed E-state index contributed by atoms with van der Waals surface area (Å²) >= 11 is 0. The maximum Gasteiger partial charge on any atom is 0.363 e. The maximum atomic E-state index is 12.0. The van der Waals surface area contributed by atoms with Gasteiger partial charge in [-0.1, -0.05) is 72.8 Å². The van der Waals surface area contributed by atoms with Gasteiger partial charge < -0.3 is 4.74 Å². The van der Waals surface area contributed by atoms with Crippen molar-refractivity contribution >= 4 is 17.9 Å². The summed E-state index contributed by atoms with van der Waals surface area (Å²) in [6, 6.07) is 27.6. The third-order valence-corrected chi connectivity index (χ3v) is 3.96. The van der Waals surface area contributed by atoms with Gasteiger partial charge in [-0.25, -0.2) is 9.79 Å². The van der Waals surface area contributed by atoms with E-state index in [1.54, 1.807) is 6.08 Å². The van der Waals surface area contributed by atoms with Crippen LogP contribution in [0, 0.1) is 0 Å². The van der Waals surface area contributed by atoms with Crippen molar-refractivity contribution in [1.29, 1.82) is 0 Å². The molecule has 3 nitrogen and oxygen atoms in total. The van der Waals surface area contributed by atoms with E-state index in [2.05, 4.69) is 17.1 Å². The Morgan fingerprint density at radius 1 is 0.680 bits per heavy atom. The molecule has 0 bridgehead atoms. The predicted octanol–water partition coefficient (Wildman–Crippen LogP) is 4.70. The summed E-state index contributed by atoms with van der Waals surface area (Å²) in [6.07, 6.45) is 1.73. The van der Waals surface area contributed by atoms with Crippen LogP contribution in [0.15, 0.2) is 95.6 Å². The van der Waals surface area contributed by atoms with Gasteiger partial charge in [-0.15, -0.1) is 0 Å². The first-order valence-electron chi connectivity index (χ1n) is 8.03. The number of hydrogen-bond donors (Lipinski definition) is 0. The van der Waals surface area contributed by atoms with Crippen LogP contribution >= 0.6 is 0 Å². The van der Waals surface area contributed by atoms with Crippen LogP contribution in [0.5, 0.6) is 0 Å². The van der Waals surface area contributed by atoms with Gasteiger partial charge in [-0.05, 0) is 34.9 Å². The fourth-order valence-electron chi connectivity index (χ4n) is 2.68. The molecule has 4 rings (SSSR count). The smallest absolute Gasteiger partial charge is 0.363 e. The van der Waals surface area contributed by atoms with Crippen molar-refractivity contribution in [2.75, 3.05) is 0 Å². The number of cyclic esters (lactones) is 1. The zero-order valence-corrected chi connectivity index (χ0v) is 13.4. The first-order valence-corrected chi connectivity index (χ1v) is 8.03. The van der Waals surface area contributed by atoms with Crippen LogP contribution in [0.25, 0.3) is 17.2 Å². The fraction of sp³-hybridized carbons (Fsp3) is 0. The van der Waals surface area contributed by atoms with E-state index in [4.69, 9.17) is 4.74 Å². The quantitative estimate of drug-likeness (QED) is 0.517. The molecule has 1 aliphatic rings. The van der Waals surface area contributed by atoms with Crippen molar-refractivity contribution in [3.8, 4) is 11.1 Å². The minimum absolute atomic E-state index is 0.313. The van der Waals surface area contributed by atoms with Crippen LogP contribution in [-0.2, 0) is 9.53 Å². The number of aliphatic imine (C=N–C) groups is 1. The number of carbonyl (C=O) groups excluding carboxylic acids is 1. The fourth-order valence-corrected chi connectivity index (χ4v) is 2.68. The van der Waals surface area contributed by atoms with Gasteiger partial charge in [0.15, 0.2) is 5.70 Å². The summed E-state index contributed by atoms with van der Waals surface area (Å²) in [5.41, 5.74) is 4.26. The molecular weight excluding hydrogens is 310 g/mol. The molecule has 1 heterocycles. The minimum atomic E-state index is -0.425. The molecule has 25 heavy (non-hydrogen) atoms. The third-order valence-electron chi connectivity index (χ3n) is 3.96. The van der Waals surface area contributed by atoms with Crippen molar-refractivity contribution in [1.82, 2.24) is 0 Å². The van der Waals surface area contributed by atoms with E-state index in [0.717, 1.165) is 22.3 Å². The van der Waals surface area contributed by atoms with Crippen LogP contribution in [0.2, 0.25) is 0 Å². The highest BCUT2D eigenvalue weighted by molar-refractivity contribution is 6.12. The van der Waals surface area contributed by atoms with Gasteiger partial charge in [0.05, 0.1) is 0 Å². The van der Waals surface area contributed by atoms with E-state index in [0.29, 0.717) is 11.6 Å². The molecule has 0 atom stereocenters. The molecule has 1 aliphatic heterocycles. The second kappa shape index (κ2) is 6.57. The van der Waals surface area contributed by atoms with Gasteiger partial charge in [0, 0.05) is 5.56 Å². The van der Waals surface area contributed by atoms with Crippen molar-refractivity contribution in [3.05, 3.63) is 102 Å². The molecule has 0 saturated carbocycles. The van der Waals surface area contributed by atoms with Crippen molar-refractivity contribution in [2.45, 2.75) is 0 Å². The lowest BCUT2D eigenvalue weighted by atomic mass is 10.0. The number of nitrogens with zero attached hydrogens (tertiary/aromatic N) is 1. The van der Waals surface area contributed by atoms with Crippen molar-refractivity contribution in [2.24, 2.45) is 4.99 Å². The van der Waals surface area contributed by atoms with Crippen LogP contribution in [0.1, 0.15) is 11.1 Å². The minimum Gasteiger partial charge on any atom is -0.402 e. The molecule has 0 N–H and O–H groups in total. The number of rotatable bonds is 3. The molecule has 0 radical (unpaired) electrons. The van der Waals surface area contributed by atoms with Crippen LogP contribution in [0.4, 0.5) is 0 Å². The first kappa shape index (κ1) is 15.1. The van der Waals surface area contributed by atoms with Gasteiger partial charge >= 0.3 is 5.97 Å². The third kappa shape index (κ3) is 3.26. The molecular formula is C22H15NO2.